The second-order valence-corrected chi connectivity index (χ2v) is 4.30. The zero-order valence-corrected chi connectivity index (χ0v) is 10.6. The Kier molecular flexibility index (Phi) is 3.88. The molecule has 0 fully saturated rings. The van der Waals surface area contributed by atoms with E-state index in [4.69, 9.17) is 23.2 Å². The number of aromatic hydroxyl groups is 1. The molecule has 16 heavy (non-hydrogen) atoms. The lowest BCUT2D eigenvalue weighted by Gasteiger charge is -2.15. The average molecular weight is 263 g/mol. The van der Waals surface area contributed by atoms with Gasteiger partial charge in [-0.1, -0.05) is 23.2 Å². The molecule has 0 aliphatic rings. The van der Waals surface area contributed by atoms with Crippen molar-refractivity contribution in [1.82, 2.24) is 4.90 Å². The van der Waals surface area contributed by atoms with Gasteiger partial charge in [0.1, 0.15) is 0 Å². The Hall–Kier alpha value is -1.13. The summed E-state index contributed by atoms with van der Waals surface area (Å²) in [4.78, 5) is 12.7. The maximum absolute atomic E-state index is 11.4. The van der Waals surface area contributed by atoms with Gasteiger partial charge < -0.3 is 15.3 Å². The van der Waals surface area contributed by atoms with Crippen molar-refractivity contribution in [2.75, 3.05) is 19.4 Å². The fourth-order valence-electron chi connectivity index (χ4n) is 1.03. The zero-order chi connectivity index (χ0) is 12.5. The molecule has 0 aromatic heterocycles. The van der Waals surface area contributed by atoms with Crippen molar-refractivity contribution in [1.29, 1.82) is 0 Å². The first-order chi connectivity index (χ1) is 7.34. The molecule has 0 saturated carbocycles. The maximum Gasteiger partial charge on any atom is 0.321 e. The highest BCUT2D eigenvalue weighted by atomic mass is 35.5. The zero-order valence-electron chi connectivity index (χ0n) is 9.14. The number of urea groups is 1. The molecule has 0 spiro atoms. The molecule has 0 radical (unpaired) electrons. The van der Waals surface area contributed by atoms with Gasteiger partial charge >= 0.3 is 6.03 Å². The Morgan fingerprint density at radius 2 is 2.00 bits per heavy atom. The summed E-state index contributed by atoms with van der Waals surface area (Å²) >= 11 is 11.7. The molecule has 0 bridgehead atoms. The normalized spacial score (nSPS) is 10.1. The van der Waals surface area contributed by atoms with Gasteiger partial charge in [0.25, 0.3) is 0 Å². The van der Waals surface area contributed by atoms with Gasteiger partial charge in [0.05, 0.1) is 10.7 Å². The predicted molar refractivity (Wildman–Crippen MR) is 65.6 cm³/mol. The number of carbonyl (C=O) groups excluding carboxylic acids is 1. The second-order valence-electron chi connectivity index (χ2n) is 3.52. The van der Waals surface area contributed by atoms with Gasteiger partial charge in [-0.15, -0.1) is 0 Å². The van der Waals surface area contributed by atoms with Crippen LogP contribution in [0.3, 0.4) is 0 Å². The van der Waals surface area contributed by atoms with Crippen LogP contribution >= 0.6 is 23.2 Å². The second kappa shape index (κ2) is 4.80. The van der Waals surface area contributed by atoms with E-state index in [-0.39, 0.29) is 22.5 Å². The molecule has 1 rings (SSSR count). The number of hydrogen-bond acceptors (Lipinski definition) is 2. The highest BCUT2D eigenvalue weighted by molar-refractivity contribution is 6.37. The maximum atomic E-state index is 11.4. The number of amides is 2. The first-order valence-electron chi connectivity index (χ1n) is 4.50. The number of nitrogens with zero attached hydrogens (tertiary/aromatic N) is 1. The van der Waals surface area contributed by atoms with E-state index in [1.807, 2.05) is 0 Å². The molecule has 2 N–H and O–H groups in total. The van der Waals surface area contributed by atoms with Gasteiger partial charge in [-0.05, 0) is 18.6 Å². The summed E-state index contributed by atoms with van der Waals surface area (Å²) in [5.74, 6) is -0.182. The van der Waals surface area contributed by atoms with Crippen LogP contribution in [0.15, 0.2) is 6.07 Å². The molecule has 1 aromatic rings. The number of rotatable bonds is 1. The number of carbonyl (C=O) groups is 1. The molecular formula is C10H12Cl2N2O2. The molecule has 0 aliphatic carbocycles. The van der Waals surface area contributed by atoms with E-state index in [9.17, 15) is 9.90 Å². The molecule has 2 amide bonds. The molecule has 0 unspecified atom stereocenters. The Morgan fingerprint density at radius 3 is 2.50 bits per heavy atom. The fourth-order valence-corrected chi connectivity index (χ4v) is 1.48. The number of hydrogen-bond donors (Lipinski definition) is 2. The van der Waals surface area contributed by atoms with E-state index < -0.39 is 0 Å². The van der Waals surface area contributed by atoms with Crippen LogP contribution < -0.4 is 5.32 Å². The van der Waals surface area contributed by atoms with Crippen molar-refractivity contribution in [3.8, 4) is 5.75 Å². The third kappa shape index (κ3) is 2.51. The Balaban J connectivity index is 3.11. The van der Waals surface area contributed by atoms with Crippen molar-refractivity contribution in [2.45, 2.75) is 6.92 Å². The van der Waals surface area contributed by atoms with E-state index >= 15 is 0 Å². The molecule has 4 nitrogen and oxygen atoms in total. The highest BCUT2D eigenvalue weighted by Crippen LogP contribution is 2.38. The van der Waals surface area contributed by atoms with E-state index in [0.717, 1.165) is 0 Å². The smallest absolute Gasteiger partial charge is 0.321 e. The van der Waals surface area contributed by atoms with Crippen LogP contribution in [0.5, 0.6) is 5.75 Å². The summed E-state index contributed by atoms with van der Waals surface area (Å²) in [6, 6.07) is 1.09. The summed E-state index contributed by atoms with van der Waals surface area (Å²) in [7, 11) is 3.17. The highest BCUT2D eigenvalue weighted by Gasteiger charge is 2.14. The molecule has 88 valence electrons. The number of phenols is 1. The average Bonchev–Trinajstić information content (AvgIpc) is 2.22. The number of phenolic OH excluding ortho intramolecular Hbond substituents is 1. The van der Waals surface area contributed by atoms with E-state index in [0.29, 0.717) is 10.6 Å². The van der Waals surface area contributed by atoms with Crippen LogP contribution in [0, 0.1) is 6.92 Å². The third-order valence-electron chi connectivity index (χ3n) is 2.07. The lowest BCUT2D eigenvalue weighted by molar-refractivity contribution is 0.230. The van der Waals surface area contributed by atoms with Crippen LogP contribution in [-0.2, 0) is 0 Å². The number of halogens is 2. The van der Waals surface area contributed by atoms with Crippen molar-refractivity contribution >= 4 is 34.9 Å². The molecule has 0 aliphatic heterocycles. The van der Waals surface area contributed by atoms with Gasteiger partial charge in [0.2, 0.25) is 0 Å². The van der Waals surface area contributed by atoms with Crippen molar-refractivity contribution < 1.29 is 9.90 Å². The summed E-state index contributed by atoms with van der Waals surface area (Å²) in [5, 5.41) is 12.7. The van der Waals surface area contributed by atoms with E-state index in [1.54, 1.807) is 21.0 Å². The largest absolute Gasteiger partial charge is 0.504 e. The molecule has 0 atom stereocenters. The summed E-state index contributed by atoms with van der Waals surface area (Å²) in [6.07, 6.45) is 0. The molecule has 0 saturated heterocycles. The number of anilines is 1. The van der Waals surface area contributed by atoms with Crippen molar-refractivity contribution in [3.05, 3.63) is 21.7 Å². The summed E-state index contributed by atoms with van der Waals surface area (Å²) < 4.78 is 0. The molecule has 1 aromatic carbocycles. The minimum atomic E-state index is -0.369. The minimum Gasteiger partial charge on any atom is -0.504 e. The van der Waals surface area contributed by atoms with Crippen molar-refractivity contribution in [3.63, 3.8) is 0 Å². The lowest BCUT2D eigenvalue weighted by atomic mass is 10.2. The molecule has 0 heterocycles. The summed E-state index contributed by atoms with van der Waals surface area (Å²) in [6.45, 7) is 1.68. The van der Waals surface area contributed by atoms with Crippen LogP contribution in [0.25, 0.3) is 0 Å². The SMILES string of the molecule is Cc1c(Cl)cc(NC(=O)N(C)C)c(O)c1Cl. The van der Waals surface area contributed by atoms with Crippen LogP contribution in [0.1, 0.15) is 5.56 Å². The Bertz CT molecular complexity index is 433. The van der Waals surface area contributed by atoms with Gasteiger partial charge in [0.15, 0.2) is 5.75 Å². The van der Waals surface area contributed by atoms with E-state index in [2.05, 4.69) is 5.32 Å². The molecule has 6 heteroatoms. The quantitative estimate of drug-likeness (QED) is 0.765. The van der Waals surface area contributed by atoms with Crippen LogP contribution in [0.4, 0.5) is 10.5 Å². The van der Waals surface area contributed by atoms with E-state index in [1.165, 1.54) is 11.0 Å². The lowest BCUT2D eigenvalue weighted by Crippen LogP contribution is -2.27. The van der Waals surface area contributed by atoms with Gasteiger partial charge in [-0.25, -0.2) is 4.79 Å². The third-order valence-corrected chi connectivity index (χ3v) is 2.92. The first-order valence-corrected chi connectivity index (χ1v) is 5.26. The van der Waals surface area contributed by atoms with Gasteiger partial charge in [-0.2, -0.15) is 0 Å². The molecular weight excluding hydrogens is 251 g/mol. The topological polar surface area (TPSA) is 52.6 Å². The Morgan fingerprint density at radius 1 is 1.44 bits per heavy atom. The standard InChI is InChI=1S/C10H12Cl2N2O2/c1-5-6(11)4-7(9(15)8(5)12)13-10(16)14(2)3/h4,15H,1-3H3,(H,13,16). The minimum absolute atomic E-state index is 0.140. The monoisotopic (exact) mass is 262 g/mol. The first kappa shape index (κ1) is 12.9. The summed E-state index contributed by atoms with van der Waals surface area (Å²) in [5.41, 5.74) is 0.767. The van der Waals surface area contributed by atoms with Gasteiger partial charge in [-0.3, -0.25) is 0 Å². The number of benzene rings is 1. The van der Waals surface area contributed by atoms with Gasteiger partial charge in [0, 0.05) is 19.1 Å². The Labute approximate surface area is 104 Å². The number of nitrogens with one attached hydrogen (secondary N) is 1. The van der Waals surface area contributed by atoms with Crippen molar-refractivity contribution in [2.24, 2.45) is 0 Å². The van der Waals surface area contributed by atoms with Crippen LogP contribution in [-0.4, -0.2) is 30.1 Å². The predicted octanol–water partition coefficient (Wildman–Crippen LogP) is 3.10. The fraction of sp³-hybridized carbons (Fsp3) is 0.300. The van der Waals surface area contributed by atoms with Crippen LogP contribution in [0.2, 0.25) is 10.0 Å².